The van der Waals surface area contributed by atoms with E-state index < -0.39 is 0 Å². The van der Waals surface area contributed by atoms with Crippen LogP contribution in [0, 0.1) is 0 Å². The number of phenols is 2. The van der Waals surface area contributed by atoms with Gasteiger partial charge in [-0.05, 0) is 59.1 Å². The Hall–Kier alpha value is -2.22. The van der Waals surface area contributed by atoms with Gasteiger partial charge in [-0.3, -0.25) is 0 Å². The van der Waals surface area contributed by atoms with Gasteiger partial charge >= 0.3 is 0 Å². The van der Waals surface area contributed by atoms with Crippen LogP contribution in [0.4, 0.5) is 0 Å². The van der Waals surface area contributed by atoms with Crippen molar-refractivity contribution in [2.24, 2.45) is 0 Å². The van der Waals surface area contributed by atoms with Crippen molar-refractivity contribution >= 4 is 0 Å². The Kier molecular flexibility index (Phi) is 5.71. The fourth-order valence-corrected chi connectivity index (χ4v) is 2.81. The molecule has 2 aromatic carbocycles. The summed E-state index contributed by atoms with van der Waals surface area (Å²) in [5.41, 5.74) is 5.18. The lowest BCUT2D eigenvalue weighted by molar-refractivity contribution is 0.467. The highest BCUT2D eigenvalue weighted by Gasteiger charge is 2.11. The average molecular weight is 324 g/mol. The summed E-state index contributed by atoms with van der Waals surface area (Å²) >= 11 is 0. The summed E-state index contributed by atoms with van der Waals surface area (Å²) in [6.07, 6.45) is 1.22. The molecule has 0 aromatic heterocycles. The lowest BCUT2D eigenvalue weighted by Gasteiger charge is -2.14. The van der Waals surface area contributed by atoms with E-state index in [0.29, 0.717) is 36.2 Å². The van der Waals surface area contributed by atoms with Crippen LogP contribution in [0.2, 0.25) is 0 Å². The zero-order valence-corrected chi connectivity index (χ0v) is 15.1. The molecule has 0 aliphatic carbocycles. The maximum Gasteiger partial charge on any atom is 0.119 e. The third-order valence-corrected chi connectivity index (χ3v) is 4.42. The smallest absolute Gasteiger partial charge is 0.119 e. The highest BCUT2D eigenvalue weighted by atomic mass is 16.3. The number of phenolic OH excluding ortho intramolecular Hbond substituents is 2. The maximum absolute atomic E-state index is 10.1. The molecule has 2 nitrogen and oxygen atoms in total. The molecule has 0 atom stereocenters. The molecule has 0 bridgehead atoms. The minimum Gasteiger partial charge on any atom is -0.508 e. The van der Waals surface area contributed by atoms with Crippen molar-refractivity contribution in [1.82, 2.24) is 0 Å². The van der Waals surface area contributed by atoms with Crippen LogP contribution < -0.4 is 0 Å². The van der Waals surface area contributed by atoms with Crippen LogP contribution in [0.1, 0.15) is 61.8 Å². The van der Waals surface area contributed by atoms with E-state index >= 15 is 0 Å². The van der Waals surface area contributed by atoms with Gasteiger partial charge in [0.25, 0.3) is 0 Å². The molecule has 2 N–H and O–H groups in total. The van der Waals surface area contributed by atoms with Crippen LogP contribution in [0.3, 0.4) is 0 Å². The first-order valence-corrected chi connectivity index (χ1v) is 8.58. The molecule has 0 fully saturated rings. The third-order valence-electron chi connectivity index (χ3n) is 4.42. The van der Waals surface area contributed by atoms with E-state index in [1.54, 1.807) is 12.1 Å². The predicted molar refractivity (Wildman–Crippen MR) is 101 cm³/mol. The Bertz CT molecular complexity index is 665. The summed E-state index contributed by atoms with van der Waals surface area (Å²) in [6, 6.07) is 11.5. The van der Waals surface area contributed by atoms with Crippen LogP contribution in [0.5, 0.6) is 11.5 Å². The standard InChI is InChI=1S/C22H28O2/c1-14(2)17-6-8-21(23)19(12-17)10-16(5)11-20-13-18(15(3)4)7-9-22(20)24/h6-9,12-15,23-24H,5,10-11H2,1-4H3. The maximum atomic E-state index is 10.1. The van der Waals surface area contributed by atoms with Gasteiger partial charge in [0.05, 0.1) is 0 Å². The van der Waals surface area contributed by atoms with Gasteiger partial charge in [0.2, 0.25) is 0 Å². The van der Waals surface area contributed by atoms with Gasteiger partial charge < -0.3 is 10.2 Å². The molecule has 0 spiro atoms. The van der Waals surface area contributed by atoms with Crippen molar-refractivity contribution in [3.8, 4) is 11.5 Å². The molecule has 2 rings (SSSR count). The molecule has 2 aromatic rings. The van der Waals surface area contributed by atoms with Crippen LogP contribution in [0.15, 0.2) is 48.6 Å². The molecule has 128 valence electrons. The number of allylic oxidation sites excluding steroid dienone is 1. The van der Waals surface area contributed by atoms with Crippen molar-refractivity contribution in [1.29, 1.82) is 0 Å². The van der Waals surface area contributed by atoms with Crippen LogP contribution in [-0.2, 0) is 12.8 Å². The summed E-state index contributed by atoms with van der Waals surface area (Å²) in [6.45, 7) is 12.7. The van der Waals surface area contributed by atoms with Crippen molar-refractivity contribution in [3.05, 3.63) is 70.8 Å². The number of benzene rings is 2. The largest absolute Gasteiger partial charge is 0.508 e. The molecule has 0 saturated heterocycles. The Morgan fingerprint density at radius 3 is 1.50 bits per heavy atom. The molecule has 2 heteroatoms. The van der Waals surface area contributed by atoms with E-state index in [1.807, 2.05) is 12.1 Å². The molecule has 0 heterocycles. The van der Waals surface area contributed by atoms with Crippen LogP contribution in [-0.4, -0.2) is 10.2 Å². The molecule has 0 saturated carbocycles. The van der Waals surface area contributed by atoms with Crippen LogP contribution in [0.25, 0.3) is 0 Å². The van der Waals surface area contributed by atoms with Gasteiger partial charge in [-0.2, -0.15) is 0 Å². The Morgan fingerprint density at radius 1 is 0.792 bits per heavy atom. The second kappa shape index (κ2) is 7.57. The van der Waals surface area contributed by atoms with Gasteiger partial charge in [0.15, 0.2) is 0 Å². The topological polar surface area (TPSA) is 40.5 Å². The summed E-state index contributed by atoms with van der Waals surface area (Å²) in [4.78, 5) is 0. The molecule has 0 amide bonds. The summed E-state index contributed by atoms with van der Waals surface area (Å²) in [5.74, 6) is 1.45. The summed E-state index contributed by atoms with van der Waals surface area (Å²) < 4.78 is 0. The predicted octanol–water partition coefficient (Wildman–Crippen LogP) is 5.69. The summed E-state index contributed by atoms with van der Waals surface area (Å²) in [7, 11) is 0. The van der Waals surface area contributed by atoms with Crippen molar-refractivity contribution in [3.63, 3.8) is 0 Å². The molecule has 0 aliphatic heterocycles. The molecular weight excluding hydrogens is 296 g/mol. The lowest BCUT2D eigenvalue weighted by atomic mass is 9.93. The average Bonchev–Trinajstić information content (AvgIpc) is 2.51. The van der Waals surface area contributed by atoms with Gasteiger partial charge in [-0.1, -0.05) is 64.1 Å². The van der Waals surface area contributed by atoms with Gasteiger partial charge in [-0.25, -0.2) is 0 Å². The minimum atomic E-state index is 0.306. The monoisotopic (exact) mass is 324 g/mol. The number of hydrogen-bond acceptors (Lipinski definition) is 2. The second-order valence-corrected chi connectivity index (χ2v) is 7.19. The first-order valence-electron chi connectivity index (χ1n) is 8.58. The van der Waals surface area contributed by atoms with Gasteiger partial charge in [-0.15, -0.1) is 0 Å². The van der Waals surface area contributed by atoms with Gasteiger partial charge in [0, 0.05) is 0 Å². The Balaban J connectivity index is 2.17. The van der Waals surface area contributed by atoms with E-state index in [0.717, 1.165) is 16.7 Å². The highest BCUT2D eigenvalue weighted by Crippen LogP contribution is 2.29. The minimum absolute atomic E-state index is 0.306. The fraction of sp³-hybridized carbons (Fsp3) is 0.364. The molecule has 0 radical (unpaired) electrons. The highest BCUT2D eigenvalue weighted by molar-refractivity contribution is 5.43. The fourth-order valence-electron chi connectivity index (χ4n) is 2.81. The Morgan fingerprint density at radius 2 is 1.17 bits per heavy atom. The van der Waals surface area contributed by atoms with Gasteiger partial charge in [0.1, 0.15) is 11.5 Å². The van der Waals surface area contributed by atoms with Crippen molar-refractivity contribution in [2.75, 3.05) is 0 Å². The third kappa shape index (κ3) is 4.41. The molecule has 24 heavy (non-hydrogen) atoms. The van der Waals surface area contributed by atoms with E-state index in [1.165, 1.54) is 11.1 Å². The van der Waals surface area contributed by atoms with Crippen molar-refractivity contribution in [2.45, 2.75) is 52.4 Å². The first kappa shape index (κ1) is 18.1. The molecule has 0 unspecified atom stereocenters. The zero-order chi connectivity index (χ0) is 17.9. The normalized spacial score (nSPS) is 11.2. The van der Waals surface area contributed by atoms with E-state index in [2.05, 4.69) is 46.4 Å². The Labute approximate surface area is 145 Å². The van der Waals surface area contributed by atoms with E-state index in [9.17, 15) is 10.2 Å². The lowest BCUT2D eigenvalue weighted by Crippen LogP contribution is -1.98. The second-order valence-electron chi connectivity index (χ2n) is 7.19. The van der Waals surface area contributed by atoms with E-state index in [-0.39, 0.29) is 0 Å². The number of rotatable bonds is 6. The molecular formula is C22H28O2. The SMILES string of the molecule is C=C(Cc1cc(C(C)C)ccc1O)Cc1cc(C(C)C)ccc1O. The zero-order valence-electron chi connectivity index (χ0n) is 15.1. The number of hydrogen-bond donors (Lipinski definition) is 2. The number of aromatic hydroxyl groups is 2. The summed E-state index contributed by atoms with van der Waals surface area (Å²) in [5, 5.41) is 20.2. The van der Waals surface area contributed by atoms with Crippen LogP contribution >= 0.6 is 0 Å². The molecule has 0 aliphatic rings. The van der Waals surface area contributed by atoms with E-state index in [4.69, 9.17) is 0 Å². The first-order chi connectivity index (χ1) is 11.3. The quantitative estimate of drug-likeness (QED) is 0.670. The van der Waals surface area contributed by atoms with Crippen molar-refractivity contribution < 1.29 is 10.2 Å².